The fourth-order valence-corrected chi connectivity index (χ4v) is 4.05. The minimum Gasteiger partial charge on any atom is -0.383 e. The molecule has 1 N–H and O–H groups in total. The van der Waals surface area contributed by atoms with E-state index < -0.39 is 0 Å². The first-order valence-corrected chi connectivity index (χ1v) is 8.09. The second-order valence-corrected chi connectivity index (χ2v) is 6.42. The zero-order chi connectivity index (χ0) is 14.4. The Morgan fingerprint density at radius 1 is 1.15 bits per heavy atom. The van der Waals surface area contributed by atoms with Gasteiger partial charge in [-0.25, -0.2) is 0 Å². The number of nitrogens with one attached hydrogen (secondary N) is 1. The van der Waals surface area contributed by atoms with Crippen LogP contribution in [0.15, 0.2) is 18.2 Å². The molecule has 20 heavy (non-hydrogen) atoms. The van der Waals surface area contributed by atoms with Crippen molar-refractivity contribution in [1.29, 1.82) is 0 Å². The number of hydrogen-bond donors (Lipinski definition) is 1. The summed E-state index contributed by atoms with van der Waals surface area (Å²) in [5, 5.41) is 5.11. The molecule has 0 unspecified atom stereocenters. The highest BCUT2D eigenvalue weighted by Crippen LogP contribution is 2.44. The fraction of sp³-hybridized carbons (Fsp3) is 0.625. The standard InChI is InChI=1S/C16H23Cl2NO/c1-20-11-10-19-12-16(8-3-2-4-9-16)15-13(17)6-5-7-14(15)18/h5-7,19H,2-4,8-12H2,1H3. The highest BCUT2D eigenvalue weighted by atomic mass is 35.5. The van der Waals surface area contributed by atoms with E-state index in [1.807, 2.05) is 18.2 Å². The van der Waals surface area contributed by atoms with Gasteiger partial charge in [-0.3, -0.25) is 0 Å². The van der Waals surface area contributed by atoms with Gasteiger partial charge in [-0.2, -0.15) is 0 Å². The van der Waals surface area contributed by atoms with Gasteiger partial charge in [0.25, 0.3) is 0 Å². The van der Waals surface area contributed by atoms with Gasteiger partial charge in [-0.15, -0.1) is 0 Å². The lowest BCUT2D eigenvalue weighted by Crippen LogP contribution is -2.41. The van der Waals surface area contributed by atoms with Gasteiger partial charge >= 0.3 is 0 Å². The summed E-state index contributed by atoms with van der Waals surface area (Å²) in [6.07, 6.45) is 6.09. The van der Waals surface area contributed by atoms with Gasteiger partial charge in [-0.1, -0.05) is 48.5 Å². The van der Waals surface area contributed by atoms with Crippen LogP contribution >= 0.6 is 23.2 Å². The van der Waals surface area contributed by atoms with Crippen LogP contribution in [0.1, 0.15) is 37.7 Å². The van der Waals surface area contributed by atoms with Gasteiger partial charge in [0.2, 0.25) is 0 Å². The molecule has 0 spiro atoms. The maximum Gasteiger partial charge on any atom is 0.0587 e. The number of methoxy groups -OCH3 is 1. The summed E-state index contributed by atoms with van der Waals surface area (Å²) in [5.74, 6) is 0. The summed E-state index contributed by atoms with van der Waals surface area (Å²) in [7, 11) is 1.73. The first kappa shape index (κ1) is 16.1. The highest BCUT2D eigenvalue weighted by Gasteiger charge is 2.36. The summed E-state index contributed by atoms with van der Waals surface area (Å²) < 4.78 is 5.10. The van der Waals surface area contributed by atoms with Crippen LogP contribution in [0.5, 0.6) is 0 Å². The molecule has 0 aliphatic heterocycles. The van der Waals surface area contributed by atoms with E-state index in [1.54, 1.807) is 7.11 Å². The van der Waals surface area contributed by atoms with Gasteiger partial charge in [0, 0.05) is 35.7 Å². The van der Waals surface area contributed by atoms with E-state index in [1.165, 1.54) is 19.3 Å². The topological polar surface area (TPSA) is 21.3 Å². The second kappa shape index (κ2) is 7.65. The van der Waals surface area contributed by atoms with E-state index >= 15 is 0 Å². The Morgan fingerprint density at radius 2 is 1.80 bits per heavy atom. The average Bonchev–Trinajstić information content (AvgIpc) is 2.45. The van der Waals surface area contributed by atoms with Crippen molar-refractivity contribution in [2.45, 2.75) is 37.5 Å². The minimum atomic E-state index is 0.0709. The van der Waals surface area contributed by atoms with Gasteiger partial charge < -0.3 is 10.1 Å². The molecule has 0 heterocycles. The van der Waals surface area contributed by atoms with Crippen LogP contribution < -0.4 is 5.32 Å². The molecule has 0 saturated heterocycles. The smallest absolute Gasteiger partial charge is 0.0587 e. The zero-order valence-electron chi connectivity index (χ0n) is 12.1. The quantitative estimate of drug-likeness (QED) is 0.784. The molecular formula is C16H23Cl2NO. The number of ether oxygens (including phenoxy) is 1. The molecule has 1 aliphatic carbocycles. The van der Waals surface area contributed by atoms with Crippen LogP contribution in [0.4, 0.5) is 0 Å². The predicted molar refractivity (Wildman–Crippen MR) is 86.0 cm³/mol. The Labute approximate surface area is 131 Å². The Hall–Kier alpha value is -0.280. The number of halogens is 2. The van der Waals surface area contributed by atoms with Crippen molar-refractivity contribution >= 4 is 23.2 Å². The van der Waals surface area contributed by atoms with Crippen LogP contribution in [0.3, 0.4) is 0 Å². The lowest BCUT2D eigenvalue weighted by Gasteiger charge is -2.39. The number of hydrogen-bond acceptors (Lipinski definition) is 2. The maximum absolute atomic E-state index is 6.46. The molecule has 0 aromatic heterocycles. The third-order valence-corrected chi connectivity index (χ3v) is 4.88. The van der Waals surface area contributed by atoms with Crippen molar-refractivity contribution in [3.05, 3.63) is 33.8 Å². The van der Waals surface area contributed by atoms with Crippen LogP contribution in [0, 0.1) is 0 Å². The Bertz CT molecular complexity index is 410. The molecule has 1 aliphatic rings. The molecule has 2 nitrogen and oxygen atoms in total. The van der Waals surface area contributed by atoms with E-state index in [0.29, 0.717) is 0 Å². The van der Waals surface area contributed by atoms with Crippen LogP contribution in [0.2, 0.25) is 10.0 Å². The molecule has 0 radical (unpaired) electrons. The van der Waals surface area contributed by atoms with Crippen molar-refractivity contribution in [3.63, 3.8) is 0 Å². The van der Waals surface area contributed by atoms with Crippen LogP contribution in [-0.4, -0.2) is 26.8 Å². The van der Waals surface area contributed by atoms with Crippen LogP contribution in [-0.2, 0) is 10.2 Å². The average molecular weight is 316 g/mol. The zero-order valence-corrected chi connectivity index (χ0v) is 13.6. The molecule has 1 aromatic carbocycles. The fourth-order valence-electron chi connectivity index (χ4n) is 3.25. The third-order valence-electron chi connectivity index (χ3n) is 4.25. The van der Waals surface area contributed by atoms with Gasteiger partial charge in [-0.05, 0) is 30.5 Å². The molecule has 0 atom stereocenters. The van der Waals surface area contributed by atoms with E-state index in [4.69, 9.17) is 27.9 Å². The number of benzene rings is 1. The van der Waals surface area contributed by atoms with E-state index in [9.17, 15) is 0 Å². The molecule has 0 amide bonds. The summed E-state index contributed by atoms with van der Waals surface area (Å²) >= 11 is 12.9. The SMILES string of the molecule is COCCNCC1(c2c(Cl)cccc2Cl)CCCCC1. The maximum atomic E-state index is 6.46. The Balaban J connectivity index is 2.22. The Kier molecular flexibility index (Phi) is 6.16. The van der Waals surface area contributed by atoms with Crippen molar-refractivity contribution in [1.82, 2.24) is 5.32 Å². The van der Waals surface area contributed by atoms with Crippen LogP contribution in [0.25, 0.3) is 0 Å². The van der Waals surface area contributed by atoms with Crippen molar-refractivity contribution < 1.29 is 4.74 Å². The molecule has 1 aromatic rings. The molecule has 1 saturated carbocycles. The first-order chi connectivity index (χ1) is 9.69. The number of rotatable bonds is 6. The van der Waals surface area contributed by atoms with Gasteiger partial charge in [0.15, 0.2) is 0 Å². The second-order valence-electron chi connectivity index (χ2n) is 5.61. The summed E-state index contributed by atoms with van der Waals surface area (Å²) in [4.78, 5) is 0. The first-order valence-electron chi connectivity index (χ1n) is 7.34. The lowest BCUT2D eigenvalue weighted by molar-refractivity contribution is 0.192. The summed E-state index contributed by atoms with van der Waals surface area (Å²) in [5.41, 5.74) is 1.20. The molecule has 2 rings (SSSR count). The molecule has 112 valence electrons. The van der Waals surface area contributed by atoms with Crippen molar-refractivity contribution in [2.24, 2.45) is 0 Å². The van der Waals surface area contributed by atoms with Crippen molar-refractivity contribution in [2.75, 3.05) is 26.8 Å². The van der Waals surface area contributed by atoms with E-state index in [-0.39, 0.29) is 5.41 Å². The monoisotopic (exact) mass is 315 g/mol. The van der Waals surface area contributed by atoms with Gasteiger partial charge in [0.05, 0.1) is 6.61 Å². The molecular weight excluding hydrogens is 293 g/mol. The summed E-state index contributed by atoms with van der Waals surface area (Å²) in [6.45, 7) is 2.51. The molecule has 0 bridgehead atoms. The Morgan fingerprint density at radius 3 is 2.40 bits per heavy atom. The highest BCUT2D eigenvalue weighted by molar-refractivity contribution is 6.36. The van der Waals surface area contributed by atoms with Gasteiger partial charge in [0.1, 0.15) is 0 Å². The third kappa shape index (κ3) is 3.67. The van der Waals surface area contributed by atoms with E-state index in [2.05, 4.69) is 5.32 Å². The molecule has 1 fully saturated rings. The largest absolute Gasteiger partial charge is 0.383 e. The minimum absolute atomic E-state index is 0.0709. The van der Waals surface area contributed by atoms with Crippen molar-refractivity contribution in [3.8, 4) is 0 Å². The lowest BCUT2D eigenvalue weighted by atomic mass is 9.69. The summed E-state index contributed by atoms with van der Waals surface area (Å²) in [6, 6.07) is 5.83. The normalized spacial score (nSPS) is 18.1. The van der Waals surface area contributed by atoms with E-state index in [0.717, 1.165) is 48.1 Å². The molecule has 4 heteroatoms. The predicted octanol–water partition coefficient (Wildman–Crippen LogP) is 4.43.